The maximum atomic E-state index is 12.2. The van der Waals surface area contributed by atoms with E-state index in [1.807, 2.05) is 12.1 Å². The third-order valence-electron chi connectivity index (χ3n) is 3.28. The number of hydrogen-bond acceptors (Lipinski definition) is 3. The van der Waals surface area contributed by atoms with Gasteiger partial charge in [-0.3, -0.25) is 4.79 Å². The maximum Gasteiger partial charge on any atom is 0.179 e. The molecule has 5 heteroatoms. The first kappa shape index (κ1) is 14.8. The van der Waals surface area contributed by atoms with E-state index >= 15 is 0 Å². The molecule has 104 valence electrons. The Balaban J connectivity index is 2.29. The number of carbonyl (C=O) groups is 1. The van der Waals surface area contributed by atoms with Gasteiger partial charge in [-0.1, -0.05) is 23.7 Å². The summed E-state index contributed by atoms with van der Waals surface area (Å²) in [6.07, 6.45) is 1.75. The minimum absolute atomic E-state index is 0.0912. The summed E-state index contributed by atoms with van der Waals surface area (Å²) < 4.78 is 0. The molecule has 1 atom stereocenters. The fourth-order valence-electron chi connectivity index (χ4n) is 2.16. The van der Waals surface area contributed by atoms with Gasteiger partial charge in [0.25, 0.3) is 0 Å². The third kappa shape index (κ3) is 3.51. The van der Waals surface area contributed by atoms with Crippen LogP contribution in [0.3, 0.4) is 0 Å². The fraction of sp³-hybridized carbons (Fsp3) is 0.188. The molecule has 0 aliphatic heterocycles. The highest BCUT2D eigenvalue weighted by Gasteiger charge is 2.26. The van der Waals surface area contributed by atoms with E-state index in [2.05, 4.69) is 4.98 Å². The van der Waals surface area contributed by atoms with E-state index in [1.165, 1.54) is 0 Å². The summed E-state index contributed by atoms with van der Waals surface area (Å²) in [5.74, 6) is -1.49. The lowest BCUT2D eigenvalue weighted by Crippen LogP contribution is -2.15. The molecule has 2 aromatic rings. The second-order valence-electron chi connectivity index (χ2n) is 4.61. The average Bonchev–Trinajstić information content (AvgIpc) is 3.02. The van der Waals surface area contributed by atoms with Crippen LogP contribution in [-0.2, 0) is 0 Å². The second-order valence-corrected chi connectivity index (χ2v) is 5.04. The summed E-state index contributed by atoms with van der Waals surface area (Å²) in [7, 11) is 0. The van der Waals surface area contributed by atoms with Crippen LogP contribution in [-0.4, -0.2) is 10.8 Å². The van der Waals surface area contributed by atoms with Gasteiger partial charge in [-0.05, 0) is 29.8 Å². The summed E-state index contributed by atoms with van der Waals surface area (Å²) in [6, 6.07) is 14.2. The molecule has 0 radical (unpaired) electrons. The van der Waals surface area contributed by atoms with Gasteiger partial charge in [0.15, 0.2) is 5.78 Å². The zero-order valence-corrected chi connectivity index (χ0v) is 11.8. The highest BCUT2D eigenvalue weighted by Crippen LogP contribution is 2.30. The number of H-pyrrole nitrogens is 1. The number of aromatic nitrogens is 1. The van der Waals surface area contributed by atoms with Gasteiger partial charge >= 0.3 is 0 Å². The topological polar surface area (TPSA) is 80.4 Å². The number of rotatable bonds is 5. The molecule has 1 aromatic heterocycles. The zero-order valence-electron chi connectivity index (χ0n) is 11.1. The zero-order chi connectivity index (χ0) is 15.2. The molecule has 1 aromatic carbocycles. The van der Waals surface area contributed by atoms with Crippen LogP contribution in [0.4, 0.5) is 0 Å². The van der Waals surface area contributed by atoms with Gasteiger partial charge in [0.2, 0.25) is 0 Å². The average molecular weight is 298 g/mol. The van der Waals surface area contributed by atoms with Crippen molar-refractivity contribution in [3.05, 3.63) is 58.9 Å². The Morgan fingerprint density at radius 1 is 1.19 bits per heavy atom. The lowest BCUT2D eigenvalue weighted by Gasteiger charge is -2.17. The number of aromatic amines is 1. The number of carbonyl (C=O) groups excluding carboxylic acids is 1. The fourth-order valence-corrected chi connectivity index (χ4v) is 2.29. The van der Waals surface area contributed by atoms with Gasteiger partial charge in [-0.25, -0.2) is 0 Å². The highest BCUT2D eigenvalue weighted by atomic mass is 35.5. The van der Waals surface area contributed by atoms with Crippen molar-refractivity contribution < 1.29 is 4.79 Å². The van der Waals surface area contributed by atoms with Crippen LogP contribution < -0.4 is 0 Å². The van der Waals surface area contributed by atoms with Gasteiger partial charge in [0.1, 0.15) is 5.92 Å². The Labute approximate surface area is 127 Å². The van der Waals surface area contributed by atoms with E-state index in [-0.39, 0.29) is 12.2 Å². The molecule has 0 bridgehead atoms. The molecule has 0 saturated carbocycles. The quantitative estimate of drug-likeness (QED) is 0.855. The Morgan fingerprint density at radius 3 is 2.38 bits per heavy atom. The largest absolute Gasteiger partial charge is 0.359 e. The Morgan fingerprint density at radius 2 is 1.86 bits per heavy atom. The van der Waals surface area contributed by atoms with E-state index in [4.69, 9.17) is 22.1 Å². The van der Waals surface area contributed by atoms with E-state index in [0.29, 0.717) is 10.7 Å². The molecule has 0 spiro atoms. The van der Waals surface area contributed by atoms with Crippen molar-refractivity contribution in [2.24, 2.45) is 5.92 Å². The maximum absolute atomic E-state index is 12.2. The summed E-state index contributed by atoms with van der Waals surface area (Å²) in [5.41, 5.74) is 1.23. The number of nitrogens with one attached hydrogen (secondary N) is 1. The first-order chi connectivity index (χ1) is 10.2. The summed E-state index contributed by atoms with van der Waals surface area (Å²) in [6.45, 7) is 0. The predicted octanol–water partition coefficient (Wildman–Crippen LogP) is 3.69. The first-order valence-electron chi connectivity index (χ1n) is 6.37. The van der Waals surface area contributed by atoms with Crippen molar-refractivity contribution in [2.75, 3.05) is 0 Å². The van der Waals surface area contributed by atoms with E-state index < -0.39 is 11.8 Å². The molecular formula is C16H12ClN3O. The Kier molecular flexibility index (Phi) is 4.77. The minimum atomic E-state index is -0.884. The number of halogens is 1. The molecule has 0 aliphatic carbocycles. The summed E-state index contributed by atoms with van der Waals surface area (Å²) >= 11 is 5.85. The number of Topliss-reactive ketones (excluding diaryl/α,β-unsaturated/α-hetero) is 1. The third-order valence-corrected chi connectivity index (χ3v) is 3.53. The highest BCUT2D eigenvalue weighted by molar-refractivity contribution is 6.30. The van der Waals surface area contributed by atoms with Crippen molar-refractivity contribution in [1.82, 2.24) is 4.98 Å². The number of ketones is 1. The van der Waals surface area contributed by atoms with E-state index in [0.717, 1.165) is 5.56 Å². The van der Waals surface area contributed by atoms with Crippen molar-refractivity contribution in [3.63, 3.8) is 0 Å². The van der Waals surface area contributed by atoms with Crippen LogP contribution in [0.25, 0.3) is 0 Å². The SMILES string of the molecule is N#CC(C#N)[C@H](CC(=O)c1ccc[nH]1)c1ccc(Cl)cc1. The lowest BCUT2D eigenvalue weighted by atomic mass is 9.83. The number of benzene rings is 1. The molecule has 1 heterocycles. The first-order valence-corrected chi connectivity index (χ1v) is 6.74. The van der Waals surface area contributed by atoms with E-state index in [1.54, 1.807) is 42.6 Å². The van der Waals surface area contributed by atoms with Crippen molar-refractivity contribution >= 4 is 17.4 Å². The summed E-state index contributed by atoms with van der Waals surface area (Å²) in [4.78, 5) is 15.1. The monoisotopic (exact) mass is 297 g/mol. The van der Waals surface area contributed by atoms with Gasteiger partial charge in [-0.15, -0.1) is 0 Å². The predicted molar refractivity (Wildman–Crippen MR) is 78.6 cm³/mol. The Bertz CT molecular complexity index is 679. The second kappa shape index (κ2) is 6.74. The molecule has 0 saturated heterocycles. The van der Waals surface area contributed by atoms with Crippen molar-refractivity contribution in [1.29, 1.82) is 10.5 Å². The molecule has 0 fully saturated rings. The standard InChI is InChI=1S/C16H12ClN3O/c17-13-5-3-11(4-6-13)14(12(9-18)10-19)8-16(21)15-2-1-7-20-15/h1-7,12,14,20H,8H2/t14-/m1/s1. The summed E-state index contributed by atoms with van der Waals surface area (Å²) in [5, 5.41) is 18.8. The lowest BCUT2D eigenvalue weighted by molar-refractivity contribution is 0.0966. The van der Waals surface area contributed by atoms with Crippen LogP contribution in [0.5, 0.6) is 0 Å². The van der Waals surface area contributed by atoms with Gasteiger partial charge < -0.3 is 4.98 Å². The number of nitriles is 2. The normalized spacial score (nSPS) is 11.6. The van der Waals surface area contributed by atoms with Crippen LogP contribution in [0, 0.1) is 28.6 Å². The van der Waals surface area contributed by atoms with Crippen molar-refractivity contribution in [2.45, 2.75) is 12.3 Å². The number of nitrogens with zero attached hydrogens (tertiary/aromatic N) is 2. The van der Waals surface area contributed by atoms with Crippen LogP contribution in [0.15, 0.2) is 42.6 Å². The molecule has 2 rings (SSSR count). The van der Waals surface area contributed by atoms with Crippen molar-refractivity contribution in [3.8, 4) is 12.1 Å². The van der Waals surface area contributed by atoms with Crippen LogP contribution in [0.1, 0.15) is 28.4 Å². The molecule has 4 nitrogen and oxygen atoms in total. The smallest absolute Gasteiger partial charge is 0.179 e. The molecular weight excluding hydrogens is 286 g/mol. The van der Waals surface area contributed by atoms with E-state index in [9.17, 15) is 4.79 Å². The van der Waals surface area contributed by atoms with Gasteiger partial charge in [-0.2, -0.15) is 10.5 Å². The minimum Gasteiger partial charge on any atom is -0.359 e. The molecule has 0 amide bonds. The Hall–Kier alpha value is -2.56. The molecule has 1 N–H and O–H groups in total. The number of hydrogen-bond donors (Lipinski definition) is 1. The van der Waals surface area contributed by atoms with Crippen LogP contribution in [0.2, 0.25) is 5.02 Å². The molecule has 21 heavy (non-hydrogen) atoms. The molecule has 0 unspecified atom stereocenters. The van der Waals surface area contributed by atoms with Gasteiger partial charge in [0, 0.05) is 23.6 Å². The van der Waals surface area contributed by atoms with Gasteiger partial charge in [0.05, 0.1) is 17.8 Å². The van der Waals surface area contributed by atoms with Crippen LogP contribution >= 0.6 is 11.6 Å². The molecule has 0 aliphatic rings.